The molecule has 0 bridgehead atoms. The summed E-state index contributed by atoms with van der Waals surface area (Å²) in [6.07, 6.45) is 3.30. The molecule has 1 heterocycles. The van der Waals surface area contributed by atoms with Gasteiger partial charge < -0.3 is 11.1 Å². The van der Waals surface area contributed by atoms with Crippen LogP contribution in [0.25, 0.3) is 0 Å². The lowest BCUT2D eigenvalue weighted by atomic mass is 9.92. The van der Waals surface area contributed by atoms with E-state index in [0.29, 0.717) is 5.69 Å². The summed E-state index contributed by atoms with van der Waals surface area (Å²) in [5.74, 6) is -0.262. The monoisotopic (exact) mass is 244 g/mol. The number of hydrogen-bond donors (Lipinski definition) is 2. The highest BCUT2D eigenvalue weighted by atomic mass is 16.2. The van der Waals surface area contributed by atoms with E-state index in [-0.39, 0.29) is 5.91 Å². The van der Waals surface area contributed by atoms with Crippen LogP contribution in [0.3, 0.4) is 0 Å². The molecule has 0 aliphatic heterocycles. The summed E-state index contributed by atoms with van der Waals surface area (Å²) >= 11 is 0. The first-order valence-corrected chi connectivity index (χ1v) is 5.64. The van der Waals surface area contributed by atoms with Gasteiger partial charge in [0.05, 0.1) is 11.9 Å². The standard InChI is InChI=1S/C13H16N4O/c1-13(14,10-6-4-3-5-7-10)12(18)16-11-8-15-17(2)9-11/h3-9H,14H2,1-2H3,(H,16,18). The van der Waals surface area contributed by atoms with E-state index in [0.717, 1.165) is 5.56 Å². The van der Waals surface area contributed by atoms with Crippen molar-refractivity contribution in [1.29, 1.82) is 0 Å². The van der Waals surface area contributed by atoms with Gasteiger partial charge in [-0.25, -0.2) is 0 Å². The molecule has 0 saturated carbocycles. The molecule has 94 valence electrons. The van der Waals surface area contributed by atoms with E-state index < -0.39 is 5.54 Å². The molecule has 5 heteroatoms. The van der Waals surface area contributed by atoms with E-state index in [1.165, 1.54) is 0 Å². The largest absolute Gasteiger partial charge is 0.322 e. The first-order chi connectivity index (χ1) is 8.50. The zero-order chi connectivity index (χ0) is 13.2. The summed E-state index contributed by atoms with van der Waals surface area (Å²) in [7, 11) is 1.79. The Labute approximate surface area is 106 Å². The number of carbonyl (C=O) groups excluding carboxylic acids is 1. The van der Waals surface area contributed by atoms with E-state index >= 15 is 0 Å². The summed E-state index contributed by atoms with van der Waals surface area (Å²) in [5.41, 5.74) is 6.43. The molecule has 1 aromatic carbocycles. The highest BCUT2D eigenvalue weighted by molar-refractivity contribution is 5.98. The zero-order valence-electron chi connectivity index (χ0n) is 10.4. The predicted octanol–water partition coefficient (Wildman–Crippen LogP) is 1.23. The van der Waals surface area contributed by atoms with Crippen LogP contribution in [0.1, 0.15) is 12.5 Å². The summed E-state index contributed by atoms with van der Waals surface area (Å²) in [6, 6.07) is 9.28. The van der Waals surface area contributed by atoms with Crippen molar-refractivity contribution in [2.24, 2.45) is 12.8 Å². The molecule has 1 unspecified atom stereocenters. The zero-order valence-corrected chi connectivity index (χ0v) is 10.4. The molecule has 3 N–H and O–H groups in total. The van der Waals surface area contributed by atoms with Crippen molar-refractivity contribution in [3.63, 3.8) is 0 Å². The van der Waals surface area contributed by atoms with E-state index in [2.05, 4.69) is 10.4 Å². The molecule has 0 aliphatic carbocycles. The number of nitrogens with one attached hydrogen (secondary N) is 1. The van der Waals surface area contributed by atoms with Crippen LogP contribution in [-0.4, -0.2) is 15.7 Å². The number of amides is 1. The highest BCUT2D eigenvalue weighted by Crippen LogP contribution is 2.19. The van der Waals surface area contributed by atoms with E-state index in [1.807, 2.05) is 30.3 Å². The number of anilines is 1. The molecular formula is C13H16N4O. The first-order valence-electron chi connectivity index (χ1n) is 5.64. The van der Waals surface area contributed by atoms with Crippen molar-refractivity contribution < 1.29 is 4.79 Å². The second-order valence-electron chi connectivity index (χ2n) is 4.43. The molecule has 0 spiro atoms. The minimum Gasteiger partial charge on any atom is -0.322 e. The van der Waals surface area contributed by atoms with Crippen molar-refractivity contribution in [3.05, 3.63) is 48.3 Å². The Hall–Kier alpha value is -2.14. The fourth-order valence-corrected chi connectivity index (χ4v) is 1.66. The van der Waals surface area contributed by atoms with Crippen molar-refractivity contribution in [1.82, 2.24) is 9.78 Å². The molecular weight excluding hydrogens is 228 g/mol. The van der Waals surface area contributed by atoms with Crippen LogP contribution in [0.2, 0.25) is 0 Å². The fraction of sp³-hybridized carbons (Fsp3) is 0.231. The van der Waals surface area contributed by atoms with Crippen LogP contribution in [-0.2, 0) is 17.4 Å². The summed E-state index contributed by atoms with van der Waals surface area (Å²) < 4.78 is 1.62. The van der Waals surface area contributed by atoms with Crippen molar-refractivity contribution >= 4 is 11.6 Å². The second kappa shape index (κ2) is 4.62. The summed E-state index contributed by atoms with van der Waals surface area (Å²) in [4.78, 5) is 12.2. The number of rotatable bonds is 3. The summed E-state index contributed by atoms with van der Waals surface area (Å²) in [5, 5.41) is 6.74. The number of aromatic nitrogens is 2. The van der Waals surface area contributed by atoms with Gasteiger partial charge >= 0.3 is 0 Å². The minimum absolute atomic E-state index is 0.262. The van der Waals surface area contributed by atoms with Crippen molar-refractivity contribution in [2.45, 2.75) is 12.5 Å². The van der Waals surface area contributed by atoms with Gasteiger partial charge in [0.2, 0.25) is 5.91 Å². The average Bonchev–Trinajstić information content (AvgIpc) is 2.76. The molecule has 18 heavy (non-hydrogen) atoms. The van der Waals surface area contributed by atoms with Crippen LogP contribution in [0.15, 0.2) is 42.7 Å². The van der Waals surface area contributed by atoms with Crippen molar-refractivity contribution in [3.8, 4) is 0 Å². The SMILES string of the molecule is Cn1cc(NC(=O)C(C)(N)c2ccccc2)cn1. The van der Waals surface area contributed by atoms with E-state index in [4.69, 9.17) is 5.73 Å². The van der Waals surface area contributed by atoms with Gasteiger partial charge in [-0.05, 0) is 12.5 Å². The van der Waals surface area contributed by atoms with Gasteiger partial charge in [-0.3, -0.25) is 9.48 Å². The Morgan fingerprint density at radius 2 is 2.06 bits per heavy atom. The Morgan fingerprint density at radius 1 is 1.39 bits per heavy atom. The molecule has 1 aromatic heterocycles. The van der Waals surface area contributed by atoms with Crippen LogP contribution in [0.5, 0.6) is 0 Å². The van der Waals surface area contributed by atoms with E-state index in [9.17, 15) is 4.79 Å². The third-order valence-corrected chi connectivity index (χ3v) is 2.81. The molecule has 0 aliphatic rings. The Balaban J connectivity index is 2.18. The molecule has 5 nitrogen and oxygen atoms in total. The van der Waals surface area contributed by atoms with E-state index in [1.54, 1.807) is 31.0 Å². The lowest BCUT2D eigenvalue weighted by Gasteiger charge is -2.23. The highest BCUT2D eigenvalue weighted by Gasteiger charge is 2.30. The Kier molecular flexibility index (Phi) is 3.16. The van der Waals surface area contributed by atoms with Gasteiger partial charge in [-0.1, -0.05) is 30.3 Å². The Bertz CT molecular complexity index is 545. The van der Waals surface area contributed by atoms with Crippen LogP contribution < -0.4 is 11.1 Å². The lowest BCUT2D eigenvalue weighted by Crippen LogP contribution is -2.45. The Morgan fingerprint density at radius 3 is 2.61 bits per heavy atom. The molecule has 0 fully saturated rings. The molecule has 2 rings (SSSR count). The normalized spacial score (nSPS) is 13.9. The molecule has 0 radical (unpaired) electrons. The minimum atomic E-state index is -1.07. The fourth-order valence-electron chi connectivity index (χ4n) is 1.66. The van der Waals surface area contributed by atoms with Crippen molar-refractivity contribution in [2.75, 3.05) is 5.32 Å². The maximum Gasteiger partial charge on any atom is 0.248 e. The van der Waals surface area contributed by atoms with Gasteiger partial charge in [0.1, 0.15) is 5.54 Å². The van der Waals surface area contributed by atoms with Gasteiger partial charge in [0.25, 0.3) is 0 Å². The number of aryl methyl sites for hydroxylation is 1. The third-order valence-electron chi connectivity index (χ3n) is 2.81. The second-order valence-corrected chi connectivity index (χ2v) is 4.43. The van der Waals surface area contributed by atoms with Gasteiger partial charge in [-0.15, -0.1) is 0 Å². The van der Waals surface area contributed by atoms with Crippen LogP contribution >= 0.6 is 0 Å². The van der Waals surface area contributed by atoms with Crippen LogP contribution in [0, 0.1) is 0 Å². The molecule has 0 saturated heterocycles. The maximum atomic E-state index is 12.2. The lowest BCUT2D eigenvalue weighted by molar-refractivity contribution is -0.120. The number of hydrogen-bond acceptors (Lipinski definition) is 3. The number of carbonyl (C=O) groups is 1. The van der Waals surface area contributed by atoms with Gasteiger partial charge in [0, 0.05) is 13.2 Å². The predicted molar refractivity (Wildman–Crippen MR) is 69.8 cm³/mol. The molecule has 1 atom stereocenters. The summed E-state index contributed by atoms with van der Waals surface area (Å²) in [6.45, 7) is 1.69. The smallest absolute Gasteiger partial charge is 0.248 e. The van der Waals surface area contributed by atoms with Gasteiger partial charge in [0.15, 0.2) is 0 Å². The topological polar surface area (TPSA) is 72.9 Å². The number of nitrogens with two attached hydrogens (primary N) is 1. The first kappa shape index (κ1) is 12.3. The maximum absolute atomic E-state index is 12.2. The third kappa shape index (κ3) is 2.41. The molecule has 2 aromatic rings. The average molecular weight is 244 g/mol. The number of nitrogens with zero attached hydrogens (tertiary/aromatic N) is 2. The van der Waals surface area contributed by atoms with Crippen LogP contribution in [0.4, 0.5) is 5.69 Å². The quantitative estimate of drug-likeness (QED) is 0.853. The number of benzene rings is 1. The molecule has 1 amide bonds. The van der Waals surface area contributed by atoms with Gasteiger partial charge in [-0.2, -0.15) is 5.10 Å².